The van der Waals surface area contributed by atoms with E-state index in [4.69, 9.17) is 21.1 Å². The molecule has 1 aromatic heterocycles. The van der Waals surface area contributed by atoms with Gasteiger partial charge in [-0.25, -0.2) is 4.98 Å². The van der Waals surface area contributed by atoms with Crippen molar-refractivity contribution in [2.24, 2.45) is 0 Å². The second kappa shape index (κ2) is 9.45. The Bertz CT molecular complexity index is 1250. The van der Waals surface area contributed by atoms with E-state index >= 15 is 0 Å². The highest BCUT2D eigenvalue weighted by Crippen LogP contribution is 2.35. The van der Waals surface area contributed by atoms with Gasteiger partial charge in [0.2, 0.25) is 6.10 Å². The number of amides is 1. The first-order valence-corrected chi connectivity index (χ1v) is 11.8. The lowest BCUT2D eigenvalue weighted by atomic mass is 9.90. The van der Waals surface area contributed by atoms with Crippen LogP contribution in [-0.2, 0) is 11.0 Å². The third-order valence-electron chi connectivity index (χ3n) is 6.30. The predicted octanol–water partition coefficient (Wildman–Crippen LogP) is 5.59. The van der Waals surface area contributed by atoms with Crippen molar-refractivity contribution in [2.45, 2.75) is 50.0 Å². The molecule has 184 valence electrons. The number of anilines is 1. The third-order valence-corrected chi connectivity index (χ3v) is 6.53. The lowest BCUT2D eigenvalue weighted by molar-refractivity contribution is -0.141. The summed E-state index contributed by atoms with van der Waals surface area (Å²) in [6.07, 6.45) is -2.55. The average molecular weight is 506 g/mol. The van der Waals surface area contributed by atoms with Crippen molar-refractivity contribution in [1.29, 1.82) is 0 Å². The summed E-state index contributed by atoms with van der Waals surface area (Å²) in [6.45, 7) is 0.138. The van der Waals surface area contributed by atoms with Crippen LogP contribution in [0.2, 0.25) is 5.02 Å². The fourth-order valence-corrected chi connectivity index (χ4v) is 4.68. The summed E-state index contributed by atoms with van der Waals surface area (Å²) in [4.78, 5) is 16.5. The maximum Gasteiger partial charge on any atom is 0.433 e. The van der Waals surface area contributed by atoms with Crippen LogP contribution < -0.4 is 20.1 Å². The number of rotatable bonds is 4. The number of carbonyl (C=O) groups is 1. The molecule has 1 unspecified atom stereocenters. The van der Waals surface area contributed by atoms with E-state index in [9.17, 15) is 18.0 Å². The standard InChI is InChI=1S/C25H23ClF3N3O3/c26-14-5-10-18-17(11-14)19(12-23(32-18)25(27,28)29)30-15-6-8-16(9-7-15)31-24(33)22-13-34-20-3-1-2-4-21(20)35-22/h1-5,10-12,15-16,22H,6-9,13H2,(H,30,32)(H,31,33). The number of hydrogen-bond donors (Lipinski definition) is 2. The van der Waals surface area contributed by atoms with Crippen molar-refractivity contribution in [1.82, 2.24) is 10.3 Å². The fourth-order valence-electron chi connectivity index (χ4n) is 4.51. The number of halogens is 4. The van der Waals surface area contributed by atoms with Crippen LogP contribution in [0.1, 0.15) is 31.4 Å². The molecule has 2 aliphatic rings. The van der Waals surface area contributed by atoms with Crippen LogP contribution in [0, 0.1) is 0 Å². The highest BCUT2D eigenvalue weighted by Gasteiger charge is 2.34. The molecule has 2 heterocycles. The number of nitrogens with zero attached hydrogens (tertiary/aromatic N) is 1. The van der Waals surface area contributed by atoms with Crippen molar-refractivity contribution in [2.75, 3.05) is 11.9 Å². The molecule has 0 spiro atoms. The number of para-hydroxylation sites is 2. The van der Waals surface area contributed by atoms with Crippen molar-refractivity contribution < 1.29 is 27.4 Å². The summed E-state index contributed by atoms with van der Waals surface area (Å²) in [7, 11) is 0. The number of alkyl halides is 3. The van der Waals surface area contributed by atoms with Gasteiger partial charge >= 0.3 is 6.18 Å². The van der Waals surface area contributed by atoms with Crippen molar-refractivity contribution in [3.05, 3.63) is 59.2 Å². The Labute approximate surface area is 204 Å². The number of nitrogens with one attached hydrogen (secondary N) is 2. The molecule has 2 aromatic carbocycles. The molecule has 1 amide bonds. The second-order valence-electron chi connectivity index (χ2n) is 8.78. The number of aromatic nitrogens is 1. The van der Waals surface area contributed by atoms with E-state index in [1.807, 2.05) is 12.1 Å². The zero-order valence-electron chi connectivity index (χ0n) is 18.6. The quantitative estimate of drug-likeness (QED) is 0.484. The molecule has 6 nitrogen and oxygen atoms in total. The van der Waals surface area contributed by atoms with E-state index < -0.39 is 18.0 Å². The number of pyridine rings is 1. The molecule has 0 saturated heterocycles. The lowest BCUT2D eigenvalue weighted by Gasteiger charge is -2.32. The van der Waals surface area contributed by atoms with E-state index in [-0.39, 0.29) is 30.1 Å². The summed E-state index contributed by atoms with van der Waals surface area (Å²) in [6, 6.07) is 12.8. The monoisotopic (exact) mass is 505 g/mol. The SMILES string of the molecule is O=C(NC1CCC(Nc2cc(C(F)(F)F)nc3ccc(Cl)cc23)CC1)C1COc2ccccc2O1. The van der Waals surface area contributed by atoms with Crippen LogP contribution in [0.3, 0.4) is 0 Å². The van der Waals surface area contributed by atoms with Gasteiger partial charge in [0, 0.05) is 28.2 Å². The number of carbonyl (C=O) groups excluding carboxylic acids is 1. The van der Waals surface area contributed by atoms with Gasteiger partial charge in [-0.3, -0.25) is 4.79 Å². The zero-order chi connectivity index (χ0) is 24.6. The topological polar surface area (TPSA) is 72.5 Å². The Morgan fingerprint density at radius 3 is 2.46 bits per heavy atom. The van der Waals surface area contributed by atoms with Gasteiger partial charge in [-0.05, 0) is 62.1 Å². The van der Waals surface area contributed by atoms with Gasteiger partial charge in [0.05, 0.1) is 5.52 Å². The Balaban J connectivity index is 1.21. The number of fused-ring (bicyclic) bond motifs is 2. The summed E-state index contributed by atoms with van der Waals surface area (Å²) in [5.41, 5.74) is -0.375. The number of hydrogen-bond acceptors (Lipinski definition) is 5. The molecule has 1 atom stereocenters. The fraction of sp³-hybridized carbons (Fsp3) is 0.360. The smallest absolute Gasteiger partial charge is 0.433 e. The van der Waals surface area contributed by atoms with E-state index in [1.54, 1.807) is 18.2 Å². The minimum atomic E-state index is -4.56. The molecular formula is C25H23ClF3N3O3. The third kappa shape index (κ3) is 5.24. The molecule has 35 heavy (non-hydrogen) atoms. The molecule has 1 fully saturated rings. The highest BCUT2D eigenvalue weighted by molar-refractivity contribution is 6.31. The molecule has 3 aromatic rings. The first-order chi connectivity index (χ1) is 16.8. The minimum absolute atomic E-state index is 0.0457. The van der Waals surface area contributed by atoms with Crippen molar-refractivity contribution in [3.63, 3.8) is 0 Å². The van der Waals surface area contributed by atoms with Gasteiger partial charge in [0.25, 0.3) is 5.91 Å². The summed E-state index contributed by atoms with van der Waals surface area (Å²) < 4.78 is 51.5. The Morgan fingerprint density at radius 1 is 1.00 bits per heavy atom. The molecule has 1 aliphatic heterocycles. The van der Waals surface area contributed by atoms with Gasteiger partial charge in [-0.2, -0.15) is 13.2 Å². The molecule has 0 radical (unpaired) electrons. The largest absolute Gasteiger partial charge is 0.485 e. The highest BCUT2D eigenvalue weighted by atomic mass is 35.5. The molecule has 5 rings (SSSR count). The first kappa shape index (κ1) is 23.5. The van der Waals surface area contributed by atoms with E-state index in [0.29, 0.717) is 53.3 Å². The average Bonchev–Trinajstić information content (AvgIpc) is 2.84. The van der Waals surface area contributed by atoms with Gasteiger partial charge < -0.3 is 20.1 Å². The molecular weight excluding hydrogens is 483 g/mol. The Morgan fingerprint density at radius 2 is 1.71 bits per heavy atom. The summed E-state index contributed by atoms with van der Waals surface area (Å²) in [5, 5.41) is 7.24. The van der Waals surface area contributed by atoms with Gasteiger partial charge in [0.15, 0.2) is 11.5 Å². The van der Waals surface area contributed by atoms with Crippen LogP contribution in [0.15, 0.2) is 48.5 Å². The van der Waals surface area contributed by atoms with Crippen LogP contribution in [0.4, 0.5) is 18.9 Å². The molecule has 1 saturated carbocycles. The molecule has 1 aliphatic carbocycles. The van der Waals surface area contributed by atoms with Gasteiger partial charge in [0.1, 0.15) is 12.3 Å². The van der Waals surface area contributed by atoms with Gasteiger partial charge in [-0.15, -0.1) is 0 Å². The summed E-state index contributed by atoms with van der Waals surface area (Å²) >= 11 is 6.09. The predicted molar refractivity (Wildman–Crippen MR) is 126 cm³/mol. The van der Waals surface area contributed by atoms with Crippen LogP contribution in [0.25, 0.3) is 10.9 Å². The Kier molecular flexibility index (Phi) is 6.35. The minimum Gasteiger partial charge on any atom is -0.485 e. The van der Waals surface area contributed by atoms with Crippen molar-refractivity contribution in [3.8, 4) is 11.5 Å². The normalized spacial score (nSPS) is 22.0. The van der Waals surface area contributed by atoms with Crippen LogP contribution in [-0.4, -0.2) is 35.7 Å². The molecule has 10 heteroatoms. The second-order valence-corrected chi connectivity index (χ2v) is 9.22. The number of benzene rings is 2. The zero-order valence-corrected chi connectivity index (χ0v) is 19.3. The van der Waals surface area contributed by atoms with Gasteiger partial charge in [-0.1, -0.05) is 23.7 Å². The van der Waals surface area contributed by atoms with Crippen molar-refractivity contribution >= 4 is 34.1 Å². The van der Waals surface area contributed by atoms with Crippen LogP contribution >= 0.6 is 11.6 Å². The maximum absolute atomic E-state index is 13.4. The van der Waals surface area contributed by atoms with Crippen LogP contribution in [0.5, 0.6) is 11.5 Å². The maximum atomic E-state index is 13.4. The summed E-state index contributed by atoms with van der Waals surface area (Å²) in [5.74, 6) is 0.914. The molecule has 0 bridgehead atoms. The Hall–Kier alpha value is -3.20. The van der Waals surface area contributed by atoms with E-state index in [2.05, 4.69) is 15.6 Å². The lowest BCUT2D eigenvalue weighted by Crippen LogP contribution is -2.49. The number of ether oxygens (including phenoxy) is 2. The molecule has 2 N–H and O–H groups in total. The van der Waals surface area contributed by atoms with E-state index in [0.717, 1.165) is 6.07 Å². The first-order valence-electron chi connectivity index (χ1n) is 11.4. The van der Waals surface area contributed by atoms with E-state index in [1.165, 1.54) is 12.1 Å².